The number of nitrogens with one attached hydrogen (secondary N) is 1. The van der Waals surface area contributed by atoms with Crippen LogP contribution in [0.15, 0.2) is 10.7 Å². The van der Waals surface area contributed by atoms with Gasteiger partial charge >= 0.3 is 0 Å². The maximum atomic E-state index is 4.61. The van der Waals surface area contributed by atoms with Gasteiger partial charge in [-0.15, -0.1) is 0 Å². The Bertz CT molecular complexity index is 375. The van der Waals surface area contributed by atoms with Crippen molar-refractivity contribution >= 4 is 27.7 Å². The van der Waals surface area contributed by atoms with Crippen LogP contribution in [0.25, 0.3) is 0 Å². The van der Waals surface area contributed by atoms with E-state index in [0.29, 0.717) is 0 Å². The average Bonchev–Trinajstić information content (AvgIpc) is 2.32. The normalized spacial score (nSPS) is 17.1. The Kier molecular flexibility index (Phi) is 5.23. The van der Waals surface area contributed by atoms with Crippen LogP contribution in [-0.2, 0) is 0 Å². The van der Waals surface area contributed by atoms with Crippen molar-refractivity contribution in [3.05, 3.63) is 10.7 Å². The fourth-order valence-corrected chi connectivity index (χ4v) is 2.72. The summed E-state index contributed by atoms with van der Waals surface area (Å²) in [6.07, 6.45) is 8.40. The molecule has 1 N–H and O–H groups in total. The van der Waals surface area contributed by atoms with Crippen molar-refractivity contribution in [1.82, 2.24) is 9.97 Å². The van der Waals surface area contributed by atoms with E-state index >= 15 is 0 Å². The van der Waals surface area contributed by atoms with Crippen molar-refractivity contribution in [3.63, 3.8) is 0 Å². The van der Waals surface area contributed by atoms with Crippen LogP contribution in [0.1, 0.15) is 39.0 Å². The summed E-state index contributed by atoms with van der Waals surface area (Å²) in [6, 6.07) is 0. The first kappa shape index (κ1) is 13.6. The van der Waals surface area contributed by atoms with E-state index < -0.39 is 0 Å². The van der Waals surface area contributed by atoms with E-state index in [9.17, 15) is 0 Å². The van der Waals surface area contributed by atoms with Gasteiger partial charge in [0.2, 0.25) is 5.95 Å². The van der Waals surface area contributed by atoms with Gasteiger partial charge in [0.25, 0.3) is 0 Å². The van der Waals surface area contributed by atoms with Gasteiger partial charge in [0.15, 0.2) is 0 Å². The van der Waals surface area contributed by atoms with Crippen molar-refractivity contribution in [3.8, 4) is 0 Å². The molecule has 1 fully saturated rings. The number of hydrogen-bond donors (Lipinski definition) is 1. The maximum absolute atomic E-state index is 4.61. The molecular weight excluding hydrogens is 292 g/mol. The lowest BCUT2D eigenvalue weighted by molar-refractivity contribution is 0.553. The van der Waals surface area contributed by atoms with Crippen molar-refractivity contribution in [2.45, 2.75) is 39.0 Å². The van der Waals surface area contributed by atoms with Crippen LogP contribution in [0, 0.1) is 0 Å². The molecule has 100 valence electrons. The molecule has 5 heteroatoms. The maximum Gasteiger partial charge on any atom is 0.224 e. The van der Waals surface area contributed by atoms with Gasteiger partial charge in [-0.2, -0.15) is 4.98 Å². The van der Waals surface area contributed by atoms with Crippen LogP contribution in [0.2, 0.25) is 0 Å². The molecular formula is C13H21BrN4. The molecule has 0 aliphatic carbocycles. The van der Waals surface area contributed by atoms with Crippen molar-refractivity contribution in [2.75, 3.05) is 29.9 Å². The third-order valence-corrected chi connectivity index (χ3v) is 3.78. The molecule has 0 unspecified atom stereocenters. The quantitative estimate of drug-likeness (QED) is 0.928. The molecule has 0 aromatic carbocycles. The zero-order chi connectivity index (χ0) is 12.8. The molecule has 1 aliphatic heterocycles. The first-order valence-electron chi connectivity index (χ1n) is 6.82. The minimum absolute atomic E-state index is 0.720. The van der Waals surface area contributed by atoms with Crippen LogP contribution < -0.4 is 10.2 Å². The fourth-order valence-electron chi connectivity index (χ4n) is 2.28. The first-order chi connectivity index (χ1) is 8.81. The molecule has 0 amide bonds. The smallest absolute Gasteiger partial charge is 0.224 e. The van der Waals surface area contributed by atoms with Gasteiger partial charge in [-0.3, -0.25) is 0 Å². The highest BCUT2D eigenvalue weighted by Crippen LogP contribution is 2.26. The van der Waals surface area contributed by atoms with Gasteiger partial charge in [-0.1, -0.05) is 19.3 Å². The number of halogens is 1. The molecule has 1 aromatic rings. The molecule has 0 bridgehead atoms. The Hall–Kier alpha value is -0.840. The molecule has 4 nitrogen and oxygen atoms in total. The van der Waals surface area contributed by atoms with Crippen molar-refractivity contribution in [2.24, 2.45) is 0 Å². The van der Waals surface area contributed by atoms with E-state index in [1.54, 1.807) is 0 Å². The van der Waals surface area contributed by atoms with Gasteiger partial charge in [0.05, 0.1) is 4.47 Å². The largest absolute Gasteiger partial charge is 0.356 e. The minimum Gasteiger partial charge on any atom is -0.356 e. The average molecular weight is 313 g/mol. The summed E-state index contributed by atoms with van der Waals surface area (Å²) >= 11 is 3.57. The van der Waals surface area contributed by atoms with E-state index in [-0.39, 0.29) is 0 Å². The van der Waals surface area contributed by atoms with E-state index in [1.807, 2.05) is 6.20 Å². The lowest BCUT2D eigenvalue weighted by Crippen LogP contribution is -2.28. The van der Waals surface area contributed by atoms with Gasteiger partial charge in [-0.25, -0.2) is 4.98 Å². The van der Waals surface area contributed by atoms with E-state index in [4.69, 9.17) is 0 Å². The van der Waals surface area contributed by atoms with Crippen molar-refractivity contribution < 1.29 is 0 Å². The highest BCUT2D eigenvalue weighted by molar-refractivity contribution is 9.10. The molecule has 1 aromatic heterocycles. The highest BCUT2D eigenvalue weighted by Gasteiger charge is 2.14. The second-order valence-corrected chi connectivity index (χ2v) is 5.50. The van der Waals surface area contributed by atoms with E-state index in [0.717, 1.165) is 35.9 Å². The Morgan fingerprint density at radius 2 is 1.89 bits per heavy atom. The molecule has 18 heavy (non-hydrogen) atoms. The van der Waals surface area contributed by atoms with Gasteiger partial charge in [-0.05, 0) is 35.7 Å². The Morgan fingerprint density at radius 3 is 2.56 bits per heavy atom. The summed E-state index contributed by atoms with van der Waals surface area (Å²) in [6.45, 7) is 5.10. The minimum atomic E-state index is 0.720. The van der Waals surface area contributed by atoms with Crippen LogP contribution in [0.4, 0.5) is 11.8 Å². The molecule has 1 aliphatic rings. The molecule has 0 spiro atoms. The summed E-state index contributed by atoms with van der Waals surface area (Å²) in [5.41, 5.74) is 0. The number of hydrogen-bond acceptors (Lipinski definition) is 4. The molecule has 2 heterocycles. The molecule has 0 radical (unpaired) electrons. The molecule has 0 atom stereocenters. The van der Waals surface area contributed by atoms with Crippen LogP contribution >= 0.6 is 15.9 Å². The van der Waals surface area contributed by atoms with E-state index in [1.165, 1.54) is 32.1 Å². The number of aromatic nitrogens is 2. The fraction of sp³-hybridized carbons (Fsp3) is 0.692. The zero-order valence-corrected chi connectivity index (χ0v) is 12.5. The van der Waals surface area contributed by atoms with Gasteiger partial charge < -0.3 is 10.2 Å². The lowest BCUT2D eigenvalue weighted by Gasteiger charge is -2.26. The molecule has 1 saturated heterocycles. The number of nitrogens with zero attached hydrogens (tertiary/aromatic N) is 3. The lowest BCUT2D eigenvalue weighted by atomic mass is 10.1. The Morgan fingerprint density at radius 1 is 1.22 bits per heavy atom. The topological polar surface area (TPSA) is 41.1 Å². The summed E-state index contributed by atoms with van der Waals surface area (Å²) in [4.78, 5) is 11.3. The SMILES string of the molecule is CCNc1ncc(Br)c(N2CCCCCCC2)n1. The van der Waals surface area contributed by atoms with Gasteiger partial charge in [0, 0.05) is 25.8 Å². The summed E-state index contributed by atoms with van der Waals surface area (Å²) in [7, 11) is 0. The first-order valence-corrected chi connectivity index (χ1v) is 7.62. The second-order valence-electron chi connectivity index (χ2n) is 4.65. The predicted molar refractivity (Wildman–Crippen MR) is 79.2 cm³/mol. The summed E-state index contributed by atoms with van der Waals surface area (Å²) < 4.78 is 0.990. The summed E-state index contributed by atoms with van der Waals surface area (Å²) in [5.74, 6) is 1.75. The number of rotatable bonds is 3. The Labute approximate surface area is 117 Å². The monoisotopic (exact) mass is 312 g/mol. The predicted octanol–water partition coefficient (Wildman–Crippen LogP) is 3.44. The molecule has 0 saturated carbocycles. The third kappa shape index (κ3) is 3.57. The van der Waals surface area contributed by atoms with Crippen molar-refractivity contribution in [1.29, 1.82) is 0 Å². The van der Waals surface area contributed by atoms with Gasteiger partial charge in [0.1, 0.15) is 5.82 Å². The second kappa shape index (κ2) is 6.92. The van der Waals surface area contributed by atoms with E-state index in [2.05, 4.69) is 43.0 Å². The van der Waals surface area contributed by atoms with Crippen LogP contribution in [0.5, 0.6) is 0 Å². The zero-order valence-electron chi connectivity index (χ0n) is 11.0. The Balaban J connectivity index is 2.15. The number of anilines is 2. The highest BCUT2D eigenvalue weighted by atomic mass is 79.9. The standard InChI is InChI=1S/C13H21BrN4/c1-2-15-13-16-10-11(14)12(17-13)18-8-6-4-3-5-7-9-18/h10H,2-9H2,1H3,(H,15,16,17). The third-order valence-electron chi connectivity index (χ3n) is 3.22. The van der Waals surface area contributed by atoms with Crippen LogP contribution in [-0.4, -0.2) is 29.6 Å². The van der Waals surface area contributed by atoms with Crippen LogP contribution in [0.3, 0.4) is 0 Å². The summed E-state index contributed by atoms with van der Waals surface area (Å²) in [5, 5.41) is 3.17. The molecule has 2 rings (SSSR count).